The monoisotopic (exact) mass is 361 g/mol. The standard InChI is InChI=1S/C19H17ClFNO3/c1-13(15-3-2-4-16(20)11-15)22-18(23)12-25-19(24)10-7-14-5-8-17(21)9-6-14/h2-11,13H,12H2,1H3,(H,22,23)/b10-7+/t13-/m1/s1. The van der Waals surface area contributed by atoms with Gasteiger partial charge in [0.15, 0.2) is 6.61 Å². The molecule has 0 radical (unpaired) electrons. The lowest BCUT2D eigenvalue weighted by molar-refractivity contribution is -0.144. The third-order valence-corrected chi connectivity index (χ3v) is 3.59. The number of nitrogens with one attached hydrogen (secondary N) is 1. The number of hydrogen-bond donors (Lipinski definition) is 1. The van der Waals surface area contributed by atoms with E-state index in [0.717, 1.165) is 5.56 Å². The minimum Gasteiger partial charge on any atom is -0.452 e. The first kappa shape index (κ1) is 18.7. The normalized spacial score (nSPS) is 12.0. The molecular formula is C19H17ClFNO3. The van der Waals surface area contributed by atoms with E-state index in [0.29, 0.717) is 10.6 Å². The Labute approximate surface area is 150 Å². The van der Waals surface area contributed by atoms with Gasteiger partial charge < -0.3 is 10.1 Å². The van der Waals surface area contributed by atoms with Gasteiger partial charge >= 0.3 is 5.97 Å². The molecule has 0 saturated heterocycles. The van der Waals surface area contributed by atoms with Crippen molar-refractivity contribution in [2.45, 2.75) is 13.0 Å². The van der Waals surface area contributed by atoms with Gasteiger partial charge in [0.2, 0.25) is 0 Å². The Morgan fingerprint density at radius 3 is 2.64 bits per heavy atom. The molecule has 2 aromatic carbocycles. The Hall–Kier alpha value is -2.66. The lowest BCUT2D eigenvalue weighted by Gasteiger charge is -2.14. The number of benzene rings is 2. The first-order valence-electron chi connectivity index (χ1n) is 7.59. The van der Waals surface area contributed by atoms with E-state index in [2.05, 4.69) is 5.32 Å². The number of carbonyl (C=O) groups is 2. The summed E-state index contributed by atoms with van der Waals surface area (Å²) in [6.45, 7) is 1.41. The van der Waals surface area contributed by atoms with Crippen molar-refractivity contribution in [2.75, 3.05) is 6.61 Å². The fourth-order valence-corrected chi connectivity index (χ4v) is 2.26. The van der Waals surface area contributed by atoms with Crippen molar-refractivity contribution in [2.24, 2.45) is 0 Å². The lowest BCUT2D eigenvalue weighted by Crippen LogP contribution is -2.30. The second-order valence-corrected chi connectivity index (χ2v) is 5.77. The molecule has 2 rings (SSSR count). The molecule has 25 heavy (non-hydrogen) atoms. The van der Waals surface area contributed by atoms with Gasteiger partial charge in [-0.25, -0.2) is 9.18 Å². The van der Waals surface area contributed by atoms with Gasteiger partial charge in [-0.2, -0.15) is 0 Å². The third kappa shape index (κ3) is 6.39. The number of ether oxygens (including phenoxy) is 1. The molecule has 0 saturated carbocycles. The predicted molar refractivity (Wildman–Crippen MR) is 94.4 cm³/mol. The zero-order chi connectivity index (χ0) is 18.2. The largest absolute Gasteiger partial charge is 0.452 e. The minimum atomic E-state index is -0.658. The van der Waals surface area contributed by atoms with Crippen LogP contribution in [0.1, 0.15) is 24.1 Å². The van der Waals surface area contributed by atoms with Gasteiger partial charge in [0, 0.05) is 11.1 Å². The van der Waals surface area contributed by atoms with Gasteiger partial charge in [0.1, 0.15) is 5.82 Å². The summed E-state index contributed by atoms with van der Waals surface area (Å²) in [7, 11) is 0. The van der Waals surface area contributed by atoms with Crippen LogP contribution in [0.4, 0.5) is 4.39 Å². The third-order valence-electron chi connectivity index (χ3n) is 3.35. The summed E-state index contributed by atoms with van der Waals surface area (Å²) in [5, 5.41) is 3.30. The van der Waals surface area contributed by atoms with Gasteiger partial charge in [0.05, 0.1) is 6.04 Å². The summed E-state index contributed by atoms with van der Waals surface area (Å²) >= 11 is 5.91. The zero-order valence-electron chi connectivity index (χ0n) is 13.5. The fraction of sp³-hybridized carbons (Fsp3) is 0.158. The summed E-state index contributed by atoms with van der Waals surface area (Å²) in [6, 6.07) is 12.5. The van der Waals surface area contributed by atoms with Crippen molar-refractivity contribution in [3.05, 3.63) is 76.6 Å². The summed E-state index contributed by atoms with van der Waals surface area (Å²) in [4.78, 5) is 23.4. The van der Waals surface area contributed by atoms with Crippen molar-refractivity contribution in [3.63, 3.8) is 0 Å². The number of carbonyl (C=O) groups excluding carboxylic acids is 2. The molecular weight excluding hydrogens is 345 g/mol. The molecule has 0 aliphatic carbocycles. The van der Waals surface area contributed by atoms with E-state index in [9.17, 15) is 14.0 Å². The molecule has 0 aliphatic heterocycles. The Kier molecular flexibility index (Phi) is 6.71. The van der Waals surface area contributed by atoms with E-state index in [1.807, 2.05) is 6.07 Å². The number of halogens is 2. The van der Waals surface area contributed by atoms with Gasteiger partial charge in [0.25, 0.3) is 5.91 Å². The molecule has 0 heterocycles. The van der Waals surface area contributed by atoms with E-state index in [4.69, 9.17) is 16.3 Å². The fourth-order valence-electron chi connectivity index (χ4n) is 2.07. The smallest absolute Gasteiger partial charge is 0.331 e. The molecule has 130 valence electrons. The van der Waals surface area contributed by atoms with Crippen LogP contribution in [-0.2, 0) is 14.3 Å². The molecule has 0 spiro atoms. The van der Waals surface area contributed by atoms with Crippen molar-refractivity contribution >= 4 is 29.6 Å². The van der Waals surface area contributed by atoms with Crippen molar-refractivity contribution in [1.29, 1.82) is 0 Å². The van der Waals surface area contributed by atoms with Crippen LogP contribution in [0.15, 0.2) is 54.6 Å². The maximum Gasteiger partial charge on any atom is 0.331 e. The molecule has 0 unspecified atom stereocenters. The van der Waals surface area contributed by atoms with Gasteiger partial charge in [-0.3, -0.25) is 4.79 Å². The molecule has 1 amide bonds. The first-order valence-corrected chi connectivity index (χ1v) is 7.97. The van der Waals surface area contributed by atoms with Gasteiger partial charge in [-0.1, -0.05) is 35.9 Å². The van der Waals surface area contributed by atoms with Crippen LogP contribution in [0, 0.1) is 5.82 Å². The molecule has 1 N–H and O–H groups in total. The van der Waals surface area contributed by atoms with Crippen LogP contribution < -0.4 is 5.32 Å². The van der Waals surface area contributed by atoms with Crippen LogP contribution >= 0.6 is 11.6 Å². The topological polar surface area (TPSA) is 55.4 Å². The van der Waals surface area contributed by atoms with Crippen LogP contribution in [-0.4, -0.2) is 18.5 Å². The molecule has 0 aromatic heterocycles. The Morgan fingerprint density at radius 1 is 1.24 bits per heavy atom. The highest BCUT2D eigenvalue weighted by molar-refractivity contribution is 6.30. The van der Waals surface area contributed by atoms with Crippen LogP contribution in [0.2, 0.25) is 5.02 Å². The minimum absolute atomic E-state index is 0.264. The summed E-state index contributed by atoms with van der Waals surface area (Å²) in [5.74, 6) is -1.43. The zero-order valence-corrected chi connectivity index (χ0v) is 14.3. The summed E-state index contributed by atoms with van der Waals surface area (Å²) in [6.07, 6.45) is 2.66. The van der Waals surface area contributed by atoms with Gasteiger partial charge in [-0.05, 0) is 48.4 Å². The maximum atomic E-state index is 12.8. The Morgan fingerprint density at radius 2 is 1.96 bits per heavy atom. The molecule has 0 aliphatic rings. The van der Waals surface area contributed by atoms with Crippen molar-refractivity contribution in [3.8, 4) is 0 Å². The number of amides is 1. The summed E-state index contributed by atoms with van der Waals surface area (Å²) in [5.41, 5.74) is 1.50. The van der Waals surface area contributed by atoms with E-state index in [-0.39, 0.29) is 11.9 Å². The highest BCUT2D eigenvalue weighted by atomic mass is 35.5. The molecule has 6 heteroatoms. The highest BCUT2D eigenvalue weighted by Gasteiger charge is 2.11. The maximum absolute atomic E-state index is 12.8. The average Bonchev–Trinajstić information content (AvgIpc) is 2.59. The Bertz CT molecular complexity index is 774. The quantitative estimate of drug-likeness (QED) is 0.627. The molecule has 4 nitrogen and oxygen atoms in total. The molecule has 1 atom stereocenters. The van der Waals surface area contributed by atoms with Crippen molar-refractivity contribution < 1.29 is 18.7 Å². The summed E-state index contributed by atoms with van der Waals surface area (Å²) < 4.78 is 17.6. The van der Waals surface area contributed by atoms with Crippen molar-refractivity contribution in [1.82, 2.24) is 5.32 Å². The molecule has 0 bridgehead atoms. The van der Waals surface area contributed by atoms with E-state index >= 15 is 0 Å². The van der Waals surface area contributed by atoms with E-state index < -0.39 is 18.5 Å². The van der Waals surface area contributed by atoms with Crippen LogP contribution in [0.25, 0.3) is 6.08 Å². The van der Waals surface area contributed by atoms with Gasteiger partial charge in [-0.15, -0.1) is 0 Å². The first-order chi connectivity index (χ1) is 11.9. The van der Waals surface area contributed by atoms with Crippen LogP contribution in [0.5, 0.6) is 0 Å². The second kappa shape index (κ2) is 8.99. The highest BCUT2D eigenvalue weighted by Crippen LogP contribution is 2.17. The number of hydrogen-bond acceptors (Lipinski definition) is 3. The molecule has 2 aromatic rings. The van der Waals surface area contributed by atoms with E-state index in [1.165, 1.54) is 36.4 Å². The SMILES string of the molecule is C[C@@H](NC(=O)COC(=O)/C=C/c1ccc(F)cc1)c1cccc(Cl)c1. The Balaban J connectivity index is 1.79. The predicted octanol–water partition coefficient (Wildman–Crippen LogP) is 3.91. The van der Waals surface area contributed by atoms with E-state index in [1.54, 1.807) is 25.1 Å². The average molecular weight is 362 g/mol. The number of rotatable bonds is 6. The lowest BCUT2D eigenvalue weighted by atomic mass is 10.1. The van der Waals surface area contributed by atoms with Crippen LogP contribution in [0.3, 0.4) is 0 Å². The second-order valence-electron chi connectivity index (χ2n) is 5.34. The number of esters is 1. The molecule has 0 fully saturated rings.